The maximum absolute atomic E-state index is 11.3. The highest BCUT2D eigenvalue weighted by Crippen LogP contribution is 2.19. The van der Waals surface area contributed by atoms with Gasteiger partial charge in [-0.1, -0.05) is 11.6 Å². The molecule has 0 aliphatic heterocycles. The van der Waals surface area contributed by atoms with Crippen LogP contribution in [-0.4, -0.2) is 15.2 Å². The third-order valence-electron chi connectivity index (χ3n) is 2.95. The first-order chi connectivity index (χ1) is 8.15. The second kappa shape index (κ2) is 3.42. The van der Waals surface area contributed by atoms with E-state index in [0.717, 1.165) is 16.6 Å². The Morgan fingerprint density at radius 1 is 1.24 bits per heavy atom. The molecule has 0 saturated heterocycles. The van der Waals surface area contributed by atoms with Crippen molar-refractivity contribution in [3.05, 3.63) is 47.8 Å². The summed E-state index contributed by atoms with van der Waals surface area (Å²) in [5, 5.41) is 1.16. The molecule has 3 aromatic rings. The summed E-state index contributed by atoms with van der Waals surface area (Å²) in [7, 11) is 0. The van der Waals surface area contributed by atoms with Crippen molar-refractivity contribution >= 4 is 22.3 Å². The van der Waals surface area contributed by atoms with Gasteiger partial charge in [-0.2, -0.15) is 0 Å². The van der Waals surface area contributed by atoms with Gasteiger partial charge in [-0.15, -0.1) is 0 Å². The number of carbonyl (C=O) groups is 1. The summed E-state index contributed by atoms with van der Waals surface area (Å²) in [6, 6.07) is 10.2. The molecule has 2 heterocycles. The van der Waals surface area contributed by atoms with Crippen LogP contribution >= 0.6 is 0 Å². The Kier molecular flexibility index (Phi) is 2.01. The van der Waals surface area contributed by atoms with Crippen molar-refractivity contribution in [1.29, 1.82) is 0 Å². The van der Waals surface area contributed by atoms with Crippen LogP contribution in [0.5, 0.6) is 0 Å². The highest BCUT2D eigenvalue weighted by molar-refractivity contribution is 5.93. The summed E-state index contributed by atoms with van der Waals surface area (Å²) in [5.74, 6) is -0.00559. The summed E-state index contributed by atoms with van der Waals surface area (Å²) in [5.41, 5.74) is 3.63. The maximum Gasteiger partial charge on any atom is 0.179 e. The van der Waals surface area contributed by atoms with Crippen LogP contribution < -0.4 is 0 Å². The van der Waals surface area contributed by atoms with E-state index < -0.39 is 0 Å². The number of rotatable bonds is 1. The van der Waals surface area contributed by atoms with Gasteiger partial charge in [-0.05, 0) is 36.6 Å². The van der Waals surface area contributed by atoms with Crippen LogP contribution in [0.25, 0.3) is 16.6 Å². The van der Waals surface area contributed by atoms with E-state index in [4.69, 9.17) is 0 Å². The summed E-state index contributed by atoms with van der Waals surface area (Å²) in [6.45, 7) is 3.60. The standard InChI is InChI=1S/C14H12N2O/c1-9-3-5-13-11(7-9)4-6-14-15-12(10(2)17)8-16(13)14/h3-8H,1-2H3. The van der Waals surface area contributed by atoms with Gasteiger partial charge in [-0.3, -0.25) is 9.20 Å². The molecule has 0 aliphatic carbocycles. The van der Waals surface area contributed by atoms with E-state index in [1.807, 2.05) is 16.5 Å². The fraction of sp³-hybridized carbons (Fsp3) is 0.143. The van der Waals surface area contributed by atoms with Gasteiger partial charge in [0.15, 0.2) is 5.78 Å². The van der Waals surface area contributed by atoms with E-state index in [1.165, 1.54) is 12.5 Å². The van der Waals surface area contributed by atoms with Crippen molar-refractivity contribution in [2.24, 2.45) is 0 Å². The topological polar surface area (TPSA) is 34.4 Å². The number of hydrogen-bond donors (Lipinski definition) is 0. The highest BCUT2D eigenvalue weighted by atomic mass is 16.1. The van der Waals surface area contributed by atoms with Crippen molar-refractivity contribution in [3.63, 3.8) is 0 Å². The number of fused-ring (bicyclic) bond motifs is 3. The van der Waals surface area contributed by atoms with E-state index in [9.17, 15) is 4.79 Å². The molecule has 0 aliphatic rings. The summed E-state index contributed by atoms with van der Waals surface area (Å²) in [6.07, 6.45) is 1.80. The van der Waals surface area contributed by atoms with Crippen molar-refractivity contribution < 1.29 is 4.79 Å². The average molecular weight is 224 g/mol. The van der Waals surface area contributed by atoms with Crippen molar-refractivity contribution in [2.45, 2.75) is 13.8 Å². The molecule has 0 spiro atoms. The zero-order chi connectivity index (χ0) is 12.0. The molecule has 0 N–H and O–H groups in total. The third-order valence-corrected chi connectivity index (χ3v) is 2.95. The fourth-order valence-corrected chi connectivity index (χ4v) is 2.07. The zero-order valence-corrected chi connectivity index (χ0v) is 9.77. The van der Waals surface area contributed by atoms with Crippen LogP contribution in [0.2, 0.25) is 0 Å². The van der Waals surface area contributed by atoms with E-state index in [2.05, 4.69) is 30.1 Å². The summed E-state index contributed by atoms with van der Waals surface area (Å²) >= 11 is 0. The number of aryl methyl sites for hydroxylation is 1. The smallest absolute Gasteiger partial charge is 0.179 e. The number of imidazole rings is 1. The van der Waals surface area contributed by atoms with Gasteiger partial charge in [0.2, 0.25) is 0 Å². The number of hydrogen-bond acceptors (Lipinski definition) is 2. The Labute approximate surface area is 98.7 Å². The number of benzene rings is 1. The SMILES string of the molecule is CC(=O)c1cn2c(ccc3cc(C)ccc32)n1. The number of Topliss-reactive ketones (excluding diaryl/α,β-unsaturated/α-hetero) is 1. The van der Waals surface area contributed by atoms with Gasteiger partial charge < -0.3 is 0 Å². The Morgan fingerprint density at radius 3 is 2.82 bits per heavy atom. The highest BCUT2D eigenvalue weighted by Gasteiger charge is 2.07. The second-order valence-corrected chi connectivity index (χ2v) is 4.31. The van der Waals surface area contributed by atoms with Crippen molar-refractivity contribution in [1.82, 2.24) is 9.38 Å². The maximum atomic E-state index is 11.3. The van der Waals surface area contributed by atoms with Crippen LogP contribution in [-0.2, 0) is 0 Å². The van der Waals surface area contributed by atoms with Gasteiger partial charge in [0.25, 0.3) is 0 Å². The molecule has 0 bridgehead atoms. The predicted molar refractivity (Wildman–Crippen MR) is 67.4 cm³/mol. The van der Waals surface area contributed by atoms with Crippen LogP contribution in [0.4, 0.5) is 0 Å². The quantitative estimate of drug-likeness (QED) is 0.595. The average Bonchev–Trinajstić information content (AvgIpc) is 2.72. The minimum absolute atomic E-state index is 0.00559. The molecular formula is C14H12N2O. The van der Waals surface area contributed by atoms with E-state index in [1.54, 1.807) is 6.20 Å². The minimum Gasteiger partial charge on any atom is -0.299 e. The van der Waals surface area contributed by atoms with Crippen molar-refractivity contribution in [3.8, 4) is 0 Å². The Balaban J connectivity index is 2.42. The van der Waals surface area contributed by atoms with Gasteiger partial charge in [0.05, 0.1) is 5.52 Å². The summed E-state index contributed by atoms with van der Waals surface area (Å²) < 4.78 is 1.96. The van der Waals surface area contributed by atoms with Crippen LogP contribution in [0, 0.1) is 6.92 Å². The molecule has 2 aromatic heterocycles. The first kappa shape index (κ1) is 10.0. The molecule has 1 aromatic carbocycles. The lowest BCUT2D eigenvalue weighted by Crippen LogP contribution is -1.90. The molecule has 3 heteroatoms. The lowest BCUT2D eigenvalue weighted by molar-refractivity contribution is 0.101. The summed E-state index contributed by atoms with van der Waals surface area (Å²) in [4.78, 5) is 15.6. The molecule has 17 heavy (non-hydrogen) atoms. The molecule has 3 rings (SSSR count). The lowest BCUT2D eigenvalue weighted by atomic mass is 10.1. The van der Waals surface area contributed by atoms with Gasteiger partial charge in [0.1, 0.15) is 11.3 Å². The van der Waals surface area contributed by atoms with E-state index in [-0.39, 0.29) is 5.78 Å². The molecule has 3 nitrogen and oxygen atoms in total. The monoisotopic (exact) mass is 224 g/mol. The van der Waals surface area contributed by atoms with Crippen molar-refractivity contribution in [2.75, 3.05) is 0 Å². The Hall–Kier alpha value is -2.16. The second-order valence-electron chi connectivity index (χ2n) is 4.31. The third kappa shape index (κ3) is 1.51. The first-order valence-electron chi connectivity index (χ1n) is 5.54. The van der Waals surface area contributed by atoms with E-state index in [0.29, 0.717) is 5.69 Å². The number of ketones is 1. The molecular weight excluding hydrogens is 212 g/mol. The molecule has 0 unspecified atom stereocenters. The van der Waals surface area contributed by atoms with Gasteiger partial charge in [-0.25, -0.2) is 4.98 Å². The minimum atomic E-state index is -0.00559. The normalized spacial score (nSPS) is 11.2. The first-order valence-corrected chi connectivity index (χ1v) is 5.54. The van der Waals surface area contributed by atoms with Crippen LogP contribution in [0.15, 0.2) is 36.5 Å². The van der Waals surface area contributed by atoms with E-state index >= 15 is 0 Å². The Morgan fingerprint density at radius 2 is 2.06 bits per heavy atom. The van der Waals surface area contributed by atoms with Crippen LogP contribution in [0.3, 0.4) is 0 Å². The molecule has 0 radical (unpaired) electrons. The fourth-order valence-electron chi connectivity index (χ4n) is 2.07. The molecule has 0 amide bonds. The van der Waals surface area contributed by atoms with Gasteiger partial charge >= 0.3 is 0 Å². The molecule has 0 saturated carbocycles. The number of pyridine rings is 1. The molecule has 0 atom stereocenters. The zero-order valence-electron chi connectivity index (χ0n) is 9.77. The van der Waals surface area contributed by atoms with Crippen LogP contribution in [0.1, 0.15) is 23.0 Å². The number of aromatic nitrogens is 2. The number of nitrogens with zero attached hydrogens (tertiary/aromatic N) is 2. The Bertz CT molecular complexity index is 740. The number of carbonyl (C=O) groups excluding carboxylic acids is 1. The predicted octanol–water partition coefficient (Wildman–Crippen LogP) is 3.00. The lowest BCUT2D eigenvalue weighted by Gasteiger charge is -2.02. The molecule has 0 fully saturated rings. The molecule has 84 valence electrons. The largest absolute Gasteiger partial charge is 0.299 e. The van der Waals surface area contributed by atoms with Gasteiger partial charge in [0, 0.05) is 13.1 Å².